The molecule has 0 amide bonds. The summed E-state index contributed by atoms with van der Waals surface area (Å²) in [5.74, 6) is 0. The summed E-state index contributed by atoms with van der Waals surface area (Å²) in [6, 6.07) is 8.29. The van der Waals surface area contributed by atoms with Gasteiger partial charge in [0.05, 0.1) is 46.2 Å². The molecule has 0 spiro atoms. The van der Waals surface area contributed by atoms with E-state index in [1.54, 1.807) is 7.11 Å². The third-order valence-electron chi connectivity index (χ3n) is 2.92. The van der Waals surface area contributed by atoms with Gasteiger partial charge in [-0.2, -0.15) is 0 Å². The number of benzene rings is 1. The Hall–Kier alpha value is -0.980. The topological polar surface area (TPSA) is 49.0 Å². The lowest BCUT2D eigenvalue weighted by Crippen LogP contribution is -2.12. The van der Waals surface area contributed by atoms with Gasteiger partial charge < -0.3 is 24.3 Å². The lowest BCUT2D eigenvalue weighted by molar-refractivity contribution is 0.000784. The van der Waals surface area contributed by atoms with E-state index >= 15 is 0 Å². The van der Waals surface area contributed by atoms with Gasteiger partial charge in [0.2, 0.25) is 0 Å². The Balaban J connectivity index is 2.01. The average Bonchev–Trinajstić information content (AvgIpc) is 2.51. The molecule has 0 atom stereocenters. The first-order valence-corrected chi connectivity index (χ1v) is 7.32. The number of nitrogens with one attached hydrogen (secondary N) is 1. The highest BCUT2D eigenvalue weighted by atomic mass is 16.6. The van der Waals surface area contributed by atoms with E-state index in [0.29, 0.717) is 46.2 Å². The van der Waals surface area contributed by atoms with Gasteiger partial charge in [-0.05, 0) is 18.2 Å². The van der Waals surface area contributed by atoms with Gasteiger partial charge in [-0.15, -0.1) is 0 Å². The molecule has 0 fully saturated rings. The zero-order valence-corrected chi connectivity index (χ0v) is 13.1. The summed E-state index contributed by atoms with van der Waals surface area (Å²) in [5, 5.41) is 3.16. The lowest BCUT2D eigenvalue weighted by atomic mass is 10.1. The van der Waals surface area contributed by atoms with Gasteiger partial charge in [0.1, 0.15) is 0 Å². The van der Waals surface area contributed by atoms with Crippen molar-refractivity contribution in [1.82, 2.24) is 5.32 Å². The van der Waals surface area contributed by atoms with Gasteiger partial charge in [0, 0.05) is 13.7 Å². The largest absolute Gasteiger partial charge is 0.382 e. The summed E-state index contributed by atoms with van der Waals surface area (Å²) in [6.45, 7) is 5.06. The zero-order chi connectivity index (χ0) is 15.2. The van der Waals surface area contributed by atoms with E-state index in [1.807, 2.05) is 19.2 Å². The smallest absolute Gasteiger partial charge is 0.0721 e. The van der Waals surface area contributed by atoms with Crippen molar-refractivity contribution in [2.24, 2.45) is 0 Å². The summed E-state index contributed by atoms with van der Waals surface area (Å²) < 4.78 is 21.2. The van der Waals surface area contributed by atoms with Crippen molar-refractivity contribution < 1.29 is 18.9 Å². The number of hydrogen-bond donors (Lipinski definition) is 1. The second-order valence-electron chi connectivity index (χ2n) is 4.57. The highest BCUT2D eigenvalue weighted by molar-refractivity contribution is 5.26. The van der Waals surface area contributed by atoms with Crippen LogP contribution in [0.5, 0.6) is 0 Å². The normalized spacial score (nSPS) is 11.0. The average molecular weight is 297 g/mol. The van der Waals surface area contributed by atoms with Crippen LogP contribution in [0.3, 0.4) is 0 Å². The Morgan fingerprint density at radius 3 is 2.00 bits per heavy atom. The molecule has 0 saturated carbocycles. The molecule has 0 unspecified atom stereocenters. The second-order valence-corrected chi connectivity index (χ2v) is 4.57. The number of hydrogen-bond acceptors (Lipinski definition) is 5. The highest BCUT2D eigenvalue weighted by Gasteiger charge is 2.00. The molecule has 0 saturated heterocycles. The molecule has 0 aliphatic carbocycles. The van der Waals surface area contributed by atoms with Crippen molar-refractivity contribution in [3.05, 3.63) is 35.4 Å². The summed E-state index contributed by atoms with van der Waals surface area (Å²) in [7, 11) is 3.60. The van der Waals surface area contributed by atoms with E-state index in [1.165, 1.54) is 11.1 Å². The molecule has 0 heterocycles. The fraction of sp³-hybridized carbons (Fsp3) is 0.625. The molecule has 0 aliphatic heterocycles. The van der Waals surface area contributed by atoms with Crippen LogP contribution >= 0.6 is 0 Å². The van der Waals surface area contributed by atoms with Crippen molar-refractivity contribution in [3.63, 3.8) is 0 Å². The van der Waals surface area contributed by atoms with E-state index < -0.39 is 0 Å². The van der Waals surface area contributed by atoms with Gasteiger partial charge in [-0.25, -0.2) is 0 Å². The van der Waals surface area contributed by atoms with Crippen LogP contribution in [0.15, 0.2) is 24.3 Å². The first-order valence-electron chi connectivity index (χ1n) is 7.32. The molecule has 1 N–H and O–H groups in total. The SMILES string of the molecule is CNCc1ccccc1COCCOCCOCCOC. The molecule has 0 radical (unpaired) electrons. The predicted octanol–water partition coefficient (Wildman–Crippen LogP) is 1.60. The third-order valence-corrected chi connectivity index (χ3v) is 2.92. The summed E-state index contributed by atoms with van der Waals surface area (Å²) in [6.07, 6.45) is 0. The Kier molecular flexibility index (Phi) is 11.0. The minimum Gasteiger partial charge on any atom is -0.382 e. The fourth-order valence-electron chi connectivity index (χ4n) is 1.83. The van der Waals surface area contributed by atoms with Crippen molar-refractivity contribution in [2.45, 2.75) is 13.2 Å². The Bertz CT molecular complexity index is 360. The van der Waals surface area contributed by atoms with E-state index in [4.69, 9.17) is 18.9 Å². The fourth-order valence-corrected chi connectivity index (χ4v) is 1.83. The minimum absolute atomic E-state index is 0.585. The molecular formula is C16H27NO4. The molecule has 5 nitrogen and oxygen atoms in total. The van der Waals surface area contributed by atoms with Gasteiger partial charge in [-0.3, -0.25) is 0 Å². The molecular weight excluding hydrogens is 270 g/mol. The maximum Gasteiger partial charge on any atom is 0.0721 e. The van der Waals surface area contributed by atoms with Crippen molar-refractivity contribution in [3.8, 4) is 0 Å². The molecule has 5 heteroatoms. The van der Waals surface area contributed by atoms with Crippen LogP contribution in [-0.4, -0.2) is 53.8 Å². The number of ether oxygens (including phenoxy) is 4. The molecule has 0 aromatic heterocycles. The lowest BCUT2D eigenvalue weighted by Gasteiger charge is -2.10. The van der Waals surface area contributed by atoms with Crippen molar-refractivity contribution in [1.29, 1.82) is 0 Å². The molecule has 21 heavy (non-hydrogen) atoms. The Morgan fingerprint density at radius 2 is 1.38 bits per heavy atom. The highest BCUT2D eigenvalue weighted by Crippen LogP contribution is 2.09. The quantitative estimate of drug-likeness (QED) is 0.561. The van der Waals surface area contributed by atoms with Crippen LogP contribution in [-0.2, 0) is 32.1 Å². The standard InChI is InChI=1S/C16H27NO4/c1-17-13-15-5-3-4-6-16(15)14-21-12-11-20-10-9-19-8-7-18-2/h3-6,17H,7-14H2,1-2H3. The van der Waals surface area contributed by atoms with E-state index in [2.05, 4.69) is 17.4 Å². The second kappa shape index (κ2) is 12.7. The molecule has 1 aromatic rings. The van der Waals surface area contributed by atoms with Crippen LogP contribution < -0.4 is 5.32 Å². The third kappa shape index (κ3) is 8.80. The summed E-state index contributed by atoms with van der Waals surface area (Å²) in [5.41, 5.74) is 2.49. The van der Waals surface area contributed by atoms with Gasteiger partial charge in [0.25, 0.3) is 0 Å². The Morgan fingerprint density at radius 1 is 0.810 bits per heavy atom. The van der Waals surface area contributed by atoms with Crippen LogP contribution in [0, 0.1) is 0 Å². The minimum atomic E-state index is 0.585. The number of rotatable bonds is 13. The van der Waals surface area contributed by atoms with E-state index in [0.717, 1.165) is 6.54 Å². The Labute approximate surface area is 127 Å². The van der Waals surface area contributed by atoms with Crippen LogP contribution in [0.4, 0.5) is 0 Å². The maximum absolute atomic E-state index is 5.64. The van der Waals surface area contributed by atoms with Gasteiger partial charge >= 0.3 is 0 Å². The maximum atomic E-state index is 5.64. The molecule has 0 aliphatic rings. The van der Waals surface area contributed by atoms with E-state index in [9.17, 15) is 0 Å². The monoisotopic (exact) mass is 297 g/mol. The van der Waals surface area contributed by atoms with Crippen molar-refractivity contribution >= 4 is 0 Å². The molecule has 0 bridgehead atoms. The summed E-state index contributed by atoms with van der Waals surface area (Å²) >= 11 is 0. The zero-order valence-electron chi connectivity index (χ0n) is 13.1. The first kappa shape index (κ1) is 18.1. The first-order chi connectivity index (χ1) is 10.4. The van der Waals surface area contributed by atoms with Crippen LogP contribution in [0.2, 0.25) is 0 Å². The van der Waals surface area contributed by atoms with Crippen molar-refractivity contribution in [2.75, 3.05) is 53.8 Å². The molecule has 120 valence electrons. The molecule has 1 rings (SSSR count). The summed E-state index contributed by atoms with van der Waals surface area (Å²) in [4.78, 5) is 0. The predicted molar refractivity (Wildman–Crippen MR) is 82.4 cm³/mol. The number of methoxy groups -OCH3 is 1. The van der Waals surface area contributed by atoms with Gasteiger partial charge in [-0.1, -0.05) is 24.3 Å². The van der Waals surface area contributed by atoms with Gasteiger partial charge in [0.15, 0.2) is 0 Å². The van der Waals surface area contributed by atoms with E-state index in [-0.39, 0.29) is 0 Å². The molecule has 1 aromatic carbocycles. The van der Waals surface area contributed by atoms with Crippen LogP contribution in [0.25, 0.3) is 0 Å². The van der Waals surface area contributed by atoms with Crippen LogP contribution in [0.1, 0.15) is 11.1 Å².